The molecular weight excluding hydrogens is 202 g/mol. The highest BCUT2D eigenvalue weighted by Crippen LogP contribution is 2.09. The van der Waals surface area contributed by atoms with E-state index >= 15 is 0 Å². The molecule has 1 aliphatic rings. The van der Waals surface area contributed by atoms with Crippen LogP contribution in [0.3, 0.4) is 0 Å². The first-order valence-corrected chi connectivity index (χ1v) is 5.65. The minimum atomic E-state index is 0.315. The van der Waals surface area contributed by atoms with Gasteiger partial charge in [-0.1, -0.05) is 12.1 Å². The van der Waals surface area contributed by atoms with Crippen LogP contribution >= 0.6 is 0 Å². The van der Waals surface area contributed by atoms with E-state index in [4.69, 9.17) is 5.11 Å². The maximum atomic E-state index is 9.14. The summed E-state index contributed by atoms with van der Waals surface area (Å²) in [7, 11) is 0. The van der Waals surface area contributed by atoms with E-state index in [-0.39, 0.29) is 0 Å². The molecule has 16 heavy (non-hydrogen) atoms. The molecule has 0 spiro atoms. The molecule has 86 valence electrons. The van der Waals surface area contributed by atoms with Crippen LogP contribution in [0.1, 0.15) is 12.0 Å². The predicted octanol–water partition coefficient (Wildman–Crippen LogP) is 0.874. The molecule has 0 aromatic heterocycles. The number of nitrogens with one attached hydrogen (secondary N) is 2. The van der Waals surface area contributed by atoms with E-state index in [0.717, 1.165) is 38.4 Å². The van der Waals surface area contributed by atoms with Crippen molar-refractivity contribution >= 4 is 5.96 Å². The van der Waals surface area contributed by atoms with Gasteiger partial charge in [0, 0.05) is 19.6 Å². The number of aromatic hydroxyl groups is 1. The summed E-state index contributed by atoms with van der Waals surface area (Å²) < 4.78 is 0. The summed E-state index contributed by atoms with van der Waals surface area (Å²) in [5.74, 6) is 1.22. The summed E-state index contributed by atoms with van der Waals surface area (Å²) in [6.45, 7) is 2.77. The van der Waals surface area contributed by atoms with Gasteiger partial charge in [0.15, 0.2) is 5.96 Å². The molecule has 0 saturated heterocycles. The number of nitrogens with zero attached hydrogens (tertiary/aromatic N) is 1. The Kier molecular flexibility index (Phi) is 3.64. The normalized spacial score (nSPS) is 15.1. The standard InChI is InChI=1S/C12H17N3O/c16-11-4-2-10(3-5-11)6-9-15-12-13-7-1-8-14-12/h2-5,16H,1,6-9H2,(H2,13,14,15). The van der Waals surface area contributed by atoms with Gasteiger partial charge in [0.05, 0.1) is 0 Å². The van der Waals surface area contributed by atoms with Crippen LogP contribution in [0, 0.1) is 0 Å². The molecule has 2 rings (SSSR count). The van der Waals surface area contributed by atoms with Crippen LogP contribution in [0.4, 0.5) is 0 Å². The smallest absolute Gasteiger partial charge is 0.191 e. The maximum absolute atomic E-state index is 9.14. The molecular formula is C12H17N3O. The fraction of sp³-hybridized carbons (Fsp3) is 0.417. The van der Waals surface area contributed by atoms with Crippen molar-refractivity contribution in [2.75, 3.05) is 19.6 Å². The van der Waals surface area contributed by atoms with Gasteiger partial charge >= 0.3 is 0 Å². The molecule has 0 radical (unpaired) electrons. The zero-order valence-corrected chi connectivity index (χ0v) is 9.24. The fourth-order valence-corrected chi connectivity index (χ4v) is 1.64. The van der Waals surface area contributed by atoms with E-state index in [9.17, 15) is 0 Å². The largest absolute Gasteiger partial charge is 0.508 e. The topological polar surface area (TPSA) is 56.6 Å². The van der Waals surface area contributed by atoms with Gasteiger partial charge in [-0.15, -0.1) is 0 Å². The number of phenols is 1. The van der Waals surface area contributed by atoms with Gasteiger partial charge in [-0.2, -0.15) is 0 Å². The third-order valence-corrected chi connectivity index (χ3v) is 2.54. The Morgan fingerprint density at radius 2 is 2.12 bits per heavy atom. The van der Waals surface area contributed by atoms with Gasteiger partial charge in [-0.05, 0) is 30.5 Å². The van der Waals surface area contributed by atoms with Crippen molar-refractivity contribution in [1.82, 2.24) is 10.6 Å². The Balaban J connectivity index is 1.75. The maximum Gasteiger partial charge on any atom is 0.191 e. The van der Waals surface area contributed by atoms with E-state index in [1.165, 1.54) is 5.56 Å². The molecule has 1 aromatic rings. The van der Waals surface area contributed by atoms with Crippen molar-refractivity contribution in [3.8, 4) is 5.75 Å². The monoisotopic (exact) mass is 219 g/mol. The van der Waals surface area contributed by atoms with Crippen LogP contribution < -0.4 is 10.6 Å². The lowest BCUT2D eigenvalue weighted by Crippen LogP contribution is -2.41. The van der Waals surface area contributed by atoms with E-state index in [0.29, 0.717) is 5.75 Å². The van der Waals surface area contributed by atoms with Crippen molar-refractivity contribution < 1.29 is 5.11 Å². The highest BCUT2D eigenvalue weighted by molar-refractivity contribution is 5.80. The van der Waals surface area contributed by atoms with Crippen LogP contribution in [0.2, 0.25) is 0 Å². The number of aliphatic imine (C=N–C) groups is 1. The summed E-state index contributed by atoms with van der Waals surface area (Å²) in [5, 5.41) is 15.6. The molecule has 0 bridgehead atoms. The number of guanidine groups is 1. The minimum Gasteiger partial charge on any atom is -0.508 e. The highest BCUT2D eigenvalue weighted by atomic mass is 16.3. The third-order valence-electron chi connectivity index (χ3n) is 2.54. The predicted molar refractivity (Wildman–Crippen MR) is 64.7 cm³/mol. The lowest BCUT2D eigenvalue weighted by molar-refractivity contribution is 0.475. The van der Waals surface area contributed by atoms with Gasteiger partial charge in [0.2, 0.25) is 0 Å². The summed E-state index contributed by atoms with van der Waals surface area (Å²) in [4.78, 5) is 4.33. The first kappa shape index (κ1) is 10.8. The summed E-state index contributed by atoms with van der Waals surface area (Å²) in [6.07, 6.45) is 2.05. The quantitative estimate of drug-likeness (QED) is 0.707. The number of hydrogen-bond donors (Lipinski definition) is 3. The van der Waals surface area contributed by atoms with E-state index < -0.39 is 0 Å². The Labute approximate surface area is 95.4 Å². The van der Waals surface area contributed by atoms with Crippen molar-refractivity contribution in [1.29, 1.82) is 0 Å². The van der Waals surface area contributed by atoms with Crippen LogP contribution in [0.15, 0.2) is 29.3 Å². The lowest BCUT2D eigenvalue weighted by Gasteiger charge is -2.15. The zero-order chi connectivity index (χ0) is 11.2. The highest BCUT2D eigenvalue weighted by Gasteiger charge is 2.02. The molecule has 0 unspecified atom stereocenters. The van der Waals surface area contributed by atoms with E-state index in [1.54, 1.807) is 12.1 Å². The second kappa shape index (κ2) is 5.39. The van der Waals surface area contributed by atoms with Gasteiger partial charge in [0.25, 0.3) is 0 Å². The first-order valence-electron chi connectivity index (χ1n) is 5.65. The molecule has 3 N–H and O–H groups in total. The van der Waals surface area contributed by atoms with Crippen molar-refractivity contribution in [3.63, 3.8) is 0 Å². The molecule has 1 aromatic carbocycles. The molecule has 0 aliphatic carbocycles. The second-order valence-corrected chi connectivity index (χ2v) is 3.85. The number of hydrogen-bond acceptors (Lipinski definition) is 4. The van der Waals surface area contributed by atoms with Gasteiger partial charge < -0.3 is 15.7 Å². The van der Waals surface area contributed by atoms with E-state index in [2.05, 4.69) is 15.6 Å². The van der Waals surface area contributed by atoms with Crippen LogP contribution in [0.5, 0.6) is 5.75 Å². The second-order valence-electron chi connectivity index (χ2n) is 3.85. The van der Waals surface area contributed by atoms with Crippen molar-refractivity contribution in [2.24, 2.45) is 4.99 Å². The molecule has 0 amide bonds. The first-order chi connectivity index (χ1) is 7.84. The van der Waals surface area contributed by atoms with Crippen LogP contribution in [-0.4, -0.2) is 30.7 Å². The fourth-order valence-electron chi connectivity index (χ4n) is 1.64. The number of rotatable bonds is 3. The Hall–Kier alpha value is -1.71. The molecule has 0 saturated carbocycles. The molecule has 4 nitrogen and oxygen atoms in total. The lowest BCUT2D eigenvalue weighted by atomic mass is 10.1. The molecule has 0 atom stereocenters. The molecule has 0 fully saturated rings. The summed E-state index contributed by atoms with van der Waals surface area (Å²) in [6, 6.07) is 7.30. The molecule has 4 heteroatoms. The number of phenolic OH excluding ortho intramolecular Hbond substituents is 1. The average molecular weight is 219 g/mol. The van der Waals surface area contributed by atoms with E-state index in [1.807, 2.05) is 12.1 Å². The minimum absolute atomic E-state index is 0.315. The third kappa shape index (κ3) is 3.15. The Morgan fingerprint density at radius 3 is 2.81 bits per heavy atom. The van der Waals surface area contributed by atoms with Crippen molar-refractivity contribution in [3.05, 3.63) is 29.8 Å². The molecule has 1 aliphatic heterocycles. The van der Waals surface area contributed by atoms with Crippen molar-refractivity contribution in [2.45, 2.75) is 12.8 Å². The van der Waals surface area contributed by atoms with Gasteiger partial charge in [-0.25, -0.2) is 0 Å². The van der Waals surface area contributed by atoms with Gasteiger partial charge in [0.1, 0.15) is 5.75 Å². The zero-order valence-electron chi connectivity index (χ0n) is 9.24. The van der Waals surface area contributed by atoms with Crippen LogP contribution in [-0.2, 0) is 6.42 Å². The Morgan fingerprint density at radius 1 is 1.31 bits per heavy atom. The Bertz CT molecular complexity index is 359. The summed E-state index contributed by atoms with van der Waals surface area (Å²) in [5.41, 5.74) is 1.21. The SMILES string of the molecule is Oc1ccc(CCNC2=NCCCN2)cc1. The van der Waals surface area contributed by atoms with Gasteiger partial charge in [-0.3, -0.25) is 4.99 Å². The molecule has 1 heterocycles. The van der Waals surface area contributed by atoms with Crippen LogP contribution in [0.25, 0.3) is 0 Å². The average Bonchev–Trinajstić information content (AvgIpc) is 2.33. The number of benzene rings is 1. The summed E-state index contributed by atoms with van der Waals surface area (Å²) >= 11 is 0.